The zero-order chi connectivity index (χ0) is 13.7. The summed E-state index contributed by atoms with van der Waals surface area (Å²) in [6.07, 6.45) is 0. The summed E-state index contributed by atoms with van der Waals surface area (Å²) in [4.78, 5) is 21.7. The van der Waals surface area contributed by atoms with Crippen LogP contribution in [0.4, 0.5) is 5.69 Å². The van der Waals surface area contributed by atoms with Gasteiger partial charge in [0.2, 0.25) is 0 Å². The molecule has 0 aromatic heterocycles. The Kier molecular flexibility index (Phi) is 5.02. The lowest BCUT2D eigenvalue weighted by Crippen LogP contribution is -2.40. The predicted molar refractivity (Wildman–Crippen MR) is 63.5 cm³/mol. The number of carbonyl (C=O) groups is 1. The first-order chi connectivity index (χ1) is 8.49. The highest BCUT2D eigenvalue weighted by atomic mass is 35.5. The second kappa shape index (κ2) is 6.29. The Hall–Kier alpha value is -1.70. The van der Waals surface area contributed by atoms with Crippen LogP contribution in [-0.4, -0.2) is 40.3 Å². The van der Waals surface area contributed by atoms with Crippen LogP contribution in [0.25, 0.3) is 0 Å². The van der Waals surface area contributed by atoms with Crippen LogP contribution < -0.4 is 5.32 Å². The molecular formula is C10H11ClN2O5. The average molecular weight is 275 g/mol. The molecule has 0 saturated heterocycles. The highest BCUT2D eigenvalue weighted by Crippen LogP contribution is 2.21. The fourth-order valence-corrected chi connectivity index (χ4v) is 1.42. The van der Waals surface area contributed by atoms with E-state index in [0.717, 1.165) is 6.07 Å². The molecule has 0 heterocycles. The molecule has 1 aromatic rings. The molecule has 0 fully saturated rings. The van der Waals surface area contributed by atoms with Crippen LogP contribution in [0.5, 0.6) is 0 Å². The van der Waals surface area contributed by atoms with Crippen molar-refractivity contribution < 1.29 is 19.9 Å². The van der Waals surface area contributed by atoms with Crippen molar-refractivity contribution in [3.8, 4) is 0 Å². The minimum absolute atomic E-state index is 0.0488. The van der Waals surface area contributed by atoms with Crippen molar-refractivity contribution >= 4 is 23.2 Å². The Morgan fingerprint density at radius 2 is 2.06 bits per heavy atom. The van der Waals surface area contributed by atoms with Crippen LogP contribution in [-0.2, 0) is 0 Å². The number of aliphatic hydroxyl groups excluding tert-OH is 2. The van der Waals surface area contributed by atoms with Gasteiger partial charge in [0.15, 0.2) is 0 Å². The maximum Gasteiger partial charge on any atom is 0.270 e. The van der Waals surface area contributed by atoms with Gasteiger partial charge in [0.25, 0.3) is 11.6 Å². The summed E-state index contributed by atoms with van der Waals surface area (Å²) in [6, 6.07) is 2.60. The van der Waals surface area contributed by atoms with Gasteiger partial charge in [-0.25, -0.2) is 0 Å². The van der Waals surface area contributed by atoms with Gasteiger partial charge in [0.1, 0.15) is 0 Å². The first-order valence-electron chi connectivity index (χ1n) is 4.96. The SMILES string of the molecule is O=C(NC(CO)CO)c1cc([N+](=O)[O-])ccc1Cl. The van der Waals surface area contributed by atoms with Crippen molar-refractivity contribution in [1.29, 1.82) is 0 Å². The number of hydrogen-bond acceptors (Lipinski definition) is 5. The predicted octanol–water partition coefficient (Wildman–Crippen LogP) is 0.331. The van der Waals surface area contributed by atoms with E-state index in [-0.39, 0.29) is 16.3 Å². The van der Waals surface area contributed by atoms with E-state index in [2.05, 4.69) is 5.32 Å². The number of aliphatic hydroxyl groups is 2. The molecule has 1 aromatic carbocycles. The quantitative estimate of drug-likeness (QED) is 0.529. The lowest BCUT2D eigenvalue weighted by molar-refractivity contribution is -0.384. The van der Waals surface area contributed by atoms with Crippen LogP contribution in [0, 0.1) is 10.1 Å². The van der Waals surface area contributed by atoms with Crippen molar-refractivity contribution in [2.24, 2.45) is 0 Å². The van der Waals surface area contributed by atoms with Crippen molar-refractivity contribution in [2.75, 3.05) is 13.2 Å². The Morgan fingerprint density at radius 3 is 2.56 bits per heavy atom. The fraction of sp³-hybridized carbons (Fsp3) is 0.300. The lowest BCUT2D eigenvalue weighted by atomic mass is 10.1. The number of halogens is 1. The molecule has 0 bridgehead atoms. The fourth-order valence-electron chi connectivity index (χ4n) is 1.21. The normalized spacial score (nSPS) is 10.4. The van der Waals surface area contributed by atoms with Crippen LogP contribution in [0.2, 0.25) is 5.02 Å². The summed E-state index contributed by atoms with van der Waals surface area (Å²) in [5.41, 5.74) is -0.355. The molecular weight excluding hydrogens is 264 g/mol. The van der Waals surface area contributed by atoms with Gasteiger partial charge in [0.05, 0.1) is 34.8 Å². The molecule has 0 aliphatic rings. The smallest absolute Gasteiger partial charge is 0.270 e. The number of nitrogens with zero attached hydrogens (tertiary/aromatic N) is 1. The topological polar surface area (TPSA) is 113 Å². The first-order valence-corrected chi connectivity index (χ1v) is 5.34. The third kappa shape index (κ3) is 3.39. The number of hydrogen-bond donors (Lipinski definition) is 3. The minimum atomic E-state index is -0.840. The number of nitro benzene ring substituents is 1. The van der Waals surface area contributed by atoms with Crippen LogP contribution in [0.1, 0.15) is 10.4 Å². The maximum atomic E-state index is 11.7. The molecule has 18 heavy (non-hydrogen) atoms. The van der Waals surface area contributed by atoms with Gasteiger partial charge in [0, 0.05) is 12.1 Å². The van der Waals surface area contributed by atoms with Gasteiger partial charge in [-0.05, 0) is 6.07 Å². The summed E-state index contributed by atoms with van der Waals surface area (Å²) < 4.78 is 0. The van der Waals surface area contributed by atoms with E-state index < -0.39 is 30.1 Å². The molecule has 8 heteroatoms. The molecule has 0 saturated carbocycles. The number of amides is 1. The molecule has 0 atom stereocenters. The zero-order valence-corrected chi connectivity index (χ0v) is 9.92. The summed E-state index contributed by atoms with van der Waals surface area (Å²) in [5, 5.41) is 30.6. The summed E-state index contributed by atoms with van der Waals surface area (Å²) in [6.45, 7) is -0.899. The van der Waals surface area contributed by atoms with Crippen LogP contribution in [0.15, 0.2) is 18.2 Å². The van der Waals surface area contributed by atoms with Gasteiger partial charge in [-0.1, -0.05) is 11.6 Å². The number of non-ortho nitro benzene ring substituents is 1. The summed E-state index contributed by atoms with van der Waals surface area (Å²) >= 11 is 5.76. The Labute approximate surface area is 107 Å². The zero-order valence-electron chi connectivity index (χ0n) is 9.17. The summed E-state index contributed by atoms with van der Waals surface area (Å²) in [5.74, 6) is -0.697. The van der Waals surface area contributed by atoms with Crippen molar-refractivity contribution in [3.05, 3.63) is 38.9 Å². The number of nitro groups is 1. The highest BCUT2D eigenvalue weighted by molar-refractivity contribution is 6.33. The van der Waals surface area contributed by atoms with Crippen LogP contribution >= 0.6 is 11.6 Å². The molecule has 1 amide bonds. The summed E-state index contributed by atoms with van der Waals surface area (Å²) in [7, 11) is 0. The van der Waals surface area contributed by atoms with Crippen LogP contribution in [0.3, 0.4) is 0 Å². The third-order valence-corrected chi connectivity index (χ3v) is 2.51. The highest BCUT2D eigenvalue weighted by Gasteiger charge is 2.18. The lowest BCUT2D eigenvalue weighted by Gasteiger charge is -2.13. The second-order valence-electron chi connectivity index (χ2n) is 3.46. The minimum Gasteiger partial charge on any atom is -0.394 e. The average Bonchev–Trinajstić information content (AvgIpc) is 2.35. The van der Waals surface area contributed by atoms with E-state index in [1.165, 1.54) is 12.1 Å². The van der Waals surface area contributed by atoms with Gasteiger partial charge >= 0.3 is 0 Å². The molecule has 0 aliphatic heterocycles. The van der Waals surface area contributed by atoms with E-state index in [0.29, 0.717) is 0 Å². The first kappa shape index (κ1) is 14.4. The van der Waals surface area contributed by atoms with E-state index in [1.807, 2.05) is 0 Å². The Morgan fingerprint density at radius 1 is 1.44 bits per heavy atom. The molecule has 0 spiro atoms. The van der Waals surface area contributed by atoms with Gasteiger partial charge < -0.3 is 15.5 Å². The Bertz CT molecular complexity index is 462. The third-order valence-electron chi connectivity index (χ3n) is 2.18. The van der Waals surface area contributed by atoms with Gasteiger partial charge in [-0.3, -0.25) is 14.9 Å². The van der Waals surface area contributed by atoms with Gasteiger partial charge in [-0.2, -0.15) is 0 Å². The largest absolute Gasteiger partial charge is 0.394 e. The molecule has 0 unspecified atom stereocenters. The van der Waals surface area contributed by atoms with E-state index in [9.17, 15) is 14.9 Å². The molecule has 7 nitrogen and oxygen atoms in total. The molecule has 3 N–H and O–H groups in total. The van der Waals surface area contributed by atoms with E-state index >= 15 is 0 Å². The maximum absolute atomic E-state index is 11.7. The number of nitrogens with one attached hydrogen (secondary N) is 1. The number of carbonyl (C=O) groups excluding carboxylic acids is 1. The Balaban J connectivity index is 2.97. The number of rotatable bonds is 5. The molecule has 0 aliphatic carbocycles. The van der Waals surface area contributed by atoms with E-state index in [1.54, 1.807) is 0 Å². The van der Waals surface area contributed by atoms with E-state index in [4.69, 9.17) is 21.8 Å². The standard InChI is InChI=1S/C10H11ClN2O5/c11-9-2-1-7(13(17)18)3-8(9)10(16)12-6(4-14)5-15/h1-3,6,14-15H,4-5H2,(H,12,16). The number of benzene rings is 1. The molecule has 0 radical (unpaired) electrons. The molecule has 1 rings (SSSR count). The van der Waals surface area contributed by atoms with Crippen molar-refractivity contribution in [1.82, 2.24) is 5.32 Å². The van der Waals surface area contributed by atoms with Crippen molar-refractivity contribution in [2.45, 2.75) is 6.04 Å². The molecule has 98 valence electrons. The second-order valence-corrected chi connectivity index (χ2v) is 3.86. The monoisotopic (exact) mass is 274 g/mol. The van der Waals surface area contributed by atoms with Gasteiger partial charge in [-0.15, -0.1) is 0 Å². The van der Waals surface area contributed by atoms with Crippen molar-refractivity contribution in [3.63, 3.8) is 0 Å².